The molecule has 1 atom stereocenters. The van der Waals surface area contributed by atoms with Gasteiger partial charge in [-0.05, 0) is 89.9 Å². The zero-order valence-electron chi connectivity index (χ0n) is 46.9. The first-order valence-corrected chi connectivity index (χ1v) is 30.0. The zero-order chi connectivity index (χ0) is 52.2. The van der Waals surface area contributed by atoms with Crippen LogP contribution in [0.25, 0.3) is 0 Å². The third-order valence-electron chi connectivity index (χ3n) is 12.7. The Bertz CT molecular complexity index is 1470. The fourth-order valence-corrected chi connectivity index (χ4v) is 8.17. The largest absolute Gasteiger partial charge is 0.462 e. The highest BCUT2D eigenvalue weighted by molar-refractivity contribution is 5.71. The maximum Gasteiger partial charge on any atom is 0.306 e. The van der Waals surface area contributed by atoms with Gasteiger partial charge in [0.25, 0.3) is 0 Å². The maximum atomic E-state index is 12.9. The molecule has 0 aromatic rings. The van der Waals surface area contributed by atoms with Gasteiger partial charge in [0.2, 0.25) is 0 Å². The quantitative estimate of drug-likeness (QED) is 0.0199. The predicted octanol–water partition coefficient (Wildman–Crippen LogP) is 20.3. The van der Waals surface area contributed by atoms with E-state index in [2.05, 4.69) is 69.4 Å². The number of ether oxygens (including phenoxy) is 3. The lowest BCUT2D eigenvalue weighted by Gasteiger charge is -2.18. The van der Waals surface area contributed by atoms with Crippen LogP contribution in [0.5, 0.6) is 0 Å². The van der Waals surface area contributed by atoms with Crippen LogP contribution >= 0.6 is 0 Å². The fraction of sp³-hybridized carbons (Fsp3) is 0.682. The molecule has 0 aliphatic carbocycles. The number of esters is 3. The first kappa shape index (κ1) is 68.1. The van der Waals surface area contributed by atoms with Crippen LogP contribution < -0.4 is 0 Å². The van der Waals surface area contributed by atoms with E-state index in [1.165, 1.54) is 148 Å². The summed E-state index contributed by atoms with van der Waals surface area (Å²) in [6.07, 6.45) is 80.8. The number of carbonyl (C=O) groups is 3. The van der Waals surface area contributed by atoms with E-state index in [0.29, 0.717) is 19.3 Å². The average Bonchev–Trinajstić information content (AvgIpc) is 3.38. The second-order valence-electron chi connectivity index (χ2n) is 19.7. The highest BCUT2D eigenvalue weighted by Gasteiger charge is 2.19. The van der Waals surface area contributed by atoms with Crippen molar-refractivity contribution < 1.29 is 28.6 Å². The molecule has 0 fully saturated rings. The van der Waals surface area contributed by atoms with E-state index in [1.807, 2.05) is 60.8 Å². The monoisotopic (exact) mass is 999 g/mol. The summed E-state index contributed by atoms with van der Waals surface area (Å²) >= 11 is 0. The van der Waals surface area contributed by atoms with Gasteiger partial charge in [-0.3, -0.25) is 14.4 Å². The molecular formula is C66H110O6. The summed E-state index contributed by atoms with van der Waals surface area (Å²) in [5.41, 5.74) is 0. The molecule has 0 spiro atoms. The van der Waals surface area contributed by atoms with Crippen molar-refractivity contribution in [2.45, 2.75) is 277 Å². The Balaban J connectivity index is 4.48. The molecule has 0 saturated carbocycles. The normalized spacial score (nSPS) is 12.9. The molecule has 0 heterocycles. The topological polar surface area (TPSA) is 78.9 Å². The third-order valence-corrected chi connectivity index (χ3v) is 12.7. The van der Waals surface area contributed by atoms with Gasteiger partial charge in [0.05, 0.1) is 0 Å². The minimum absolute atomic E-state index is 0.0987. The lowest BCUT2D eigenvalue weighted by atomic mass is 10.1. The number of carbonyl (C=O) groups excluding carboxylic acids is 3. The fourth-order valence-electron chi connectivity index (χ4n) is 8.17. The summed E-state index contributed by atoms with van der Waals surface area (Å²) in [7, 11) is 0. The van der Waals surface area contributed by atoms with Crippen molar-refractivity contribution in [2.24, 2.45) is 0 Å². The van der Waals surface area contributed by atoms with E-state index >= 15 is 0 Å². The Morgan fingerprint density at radius 3 is 0.944 bits per heavy atom. The standard InChI is InChI=1S/C66H110O6/c1-4-7-10-13-16-19-22-25-28-31-33-36-38-41-44-47-50-53-56-59-65(68)71-62-63(61-70-64(67)58-55-52-49-46-43-40-37-34-30-27-24-21-18-15-12-9-6-3)72-66(69)60-57-54-51-48-45-42-39-35-32-29-26-23-20-17-14-11-8-5-2/h9,12,15-16,18-19,21-22,24-25,27,30,34-35,37,39-40,43,63H,4-8,10-11,13-14,17,20,23,26,28-29,31-33,36,38,41-42,44-62H2,1-3H3/b12-9-,18-15-,19-16-,24-21-,25-22-,30-27-,37-34+,39-35-,43-40-. The summed E-state index contributed by atoms with van der Waals surface area (Å²) < 4.78 is 16.9. The Labute approximate surface area is 444 Å². The summed E-state index contributed by atoms with van der Waals surface area (Å²) in [5.74, 6) is -0.951. The van der Waals surface area contributed by atoms with E-state index in [9.17, 15) is 14.4 Å². The molecule has 0 aliphatic rings. The molecule has 0 rings (SSSR count). The molecule has 72 heavy (non-hydrogen) atoms. The molecule has 0 bridgehead atoms. The van der Waals surface area contributed by atoms with Gasteiger partial charge in [-0.1, -0.05) is 271 Å². The van der Waals surface area contributed by atoms with Gasteiger partial charge in [-0.25, -0.2) is 0 Å². The molecule has 1 unspecified atom stereocenters. The lowest BCUT2D eigenvalue weighted by molar-refractivity contribution is -0.167. The van der Waals surface area contributed by atoms with Gasteiger partial charge in [-0.2, -0.15) is 0 Å². The van der Waals surface area contributed by atoms with Gasteiger partial charge < -0.3 is 14.2 Å². The second-order valence-corrected chi connectivity index (χ2v) is 19.7. The molecule has 0 amide bonds. The van der Waals surface area contributed by atoms with E-state index in [0.717, 1.165) is 83.5 Å². The summed E-state index contributed by atoms with van der Waals surface area (Å²) in [6, 6.07) is 0. The highest BCUT2D eigenvalue weighted by Crippen LogP contribution is 2.15. The van der Waals surface area contributed by atoms with Crippen LogP contribution in [0.2, 0.25) is 0 Å². The van der Waals surface area contributed by atoms with E-state index in [1.54, 1.807) is 0 Å². The van der Waals surface area contributed by atoms with E-state index in [4.69, 9.17) is 14.2 Å². The smallest absolute Gasteiger partial charge is 0.306 e. The Morgan fingerprint density at radius 1 is 0.292 bits per heavy atom. The van der Waals surface area contributed by atoms with Crippen molar-refractivity contribution in [3.8, 4) is 0 Å². The Morgan fingerprint density at radius 2 is 0.556 bits per heavy atom. The number of unbranched alkanes of at least 4 members (excludes halogenated alkanes) is 30. The van der Waals surface area contributed by atoms with Crippen LogP contribution in [0.1, 0.15) is 271 Å². The van der Waals surface area contributed by atoms with Crippen molar-refractivity contribution in [1.29, 1.82) is 0 Å². The van der Waals surface area contributed by atoms with Crippen LogP contribution in [-0.2, 0) is 28.6 Å². The van der Waals surface area contributed by atoms with Crippen molar-refractivity contribution in [3.05, 3.63) is 109 Å². The highest BCUT2D eigenvalue weighted by atomic mass is 16.6. The molecule has 6 heteroatoms. The minimum atomic E-state index is -0.805. The predicted molar refractivity (Wildman–Crippen MR) is 311 cm³/mol. The van der Waals surface area contributed by atoms with Crippen LogP contribution in [-0.4, -0.2) is 37.2 Å². The van der Waals surface area contributed by atoms with Gasteiger partial charge >= 0.3 is 17.9 Å². The summed E-state index contributed by atoms with van der Waals surface area (Å²) in [6.45, 7) is 6.43. The number of rotatable bonds is 53. The zero-order valence-corrected chi connectivity index (χ0v) is 46.9. The first-order valence-electron chi connectivity index (χ1n) is 30.0. The lowest BCUT2D eigenvalue weighted by Crippen LogP contribution is -2.30. The van der Waals surface area contributed by atoms with E-state index in [-0.39, 0.29) is 31.1 Å². The molecule has 0 radical (unpaired) electrons. The average molecular weight is 1000 g/mol. The minimum Gasteiger partial charge on any atom is -0.462 e. The van der Waals surface area contributed by atoms with Crippen molar-refractivity contribution in [2.75, 3.05) is 13.2 Å². The molecule has 0 N–H and O–H groups in total. The number of allylic oxidation sites excluding steroid dienone is 18. The van der Waals surface area contributed by atoms with Gasteiger partial charge in [-0.15, -0.1) is 0 Å². The second kappa shape index (κ2) is 59.6. The summed E-state index contributed by atoms with van der Waals surface area (Å²) in [5, 5.41) is 0. The Kier molecular flexibility index (Phi) is 56.4. The molecular weight excluding hydrogens is 889 g/mol. The molecule has 0 aromatic carbocycles. The molecule has 0 saturated heterocycles. The van der Waals surface area contributed by atoms with Crippen molar-refractivity contribution in [3.63, 3.8) is 0 Å². The number of hydrogen-bond donors (Lipinski definition) is 0. The van der Waals surface area contributed by atoms with E-state index < -0.39 is 6.10 Å². The van der Waals surface area contributed by atoms with Crippen molar-refractivity contribution in [1.82, 2.24) is 0 Å². The molecule has 410 valence electrons. The van der Waals surface area contributed by atoms with Gasteiger partial charge in [0.15, 0.2) is 6.10 Å². The Hall–Kier alpha value is -3.93. The molecule has 0 aromatic heterocycles. The van der Waals surface area contributed by atoms with Gasteiger partial charge in [0, 0.05) is 19.3 Å². The van der Waals surface area contributed by atoms with Gasteiger partial charge in [0.1, 0.15) is 13.2 Å². The van der Waals surface area contributed by atoms with Crippen LogP contribution in [0.4, 0.5) is 0 Å². The van der Waals surface area contributed by atoms with Crippen LogP contribution in [0.15, 0.2) is 109 Å². The number of hydrogen-bond acceptors (Lipinski definition) is 6. The summed E-state index contributed by atoms with van der Waals surface area (Å²) in [4.78, 5) is 38.2. The first-order chi connectivity index (χ1) is 35.5. The maximum absolute atomic E-state index is 12.9. The third kappa shape index (κ3) is 57.0. The molecule has 0 aliphatic heterocycles. The van der Waals surface area contributed by atoms with Crippen molar-refractivity contribution >= 4 is 17.9 Å². The van der Waals surface area contributed by atoms with Crippen LogP contribution in [0, 0.1) is 0 Å². The SMILES string of the molecule is CC\C=C/C=C\C=C/C=C\C=C\C=C/CCCCCC(=O)OCC(COC(=O)CCCCCCCCCCCC/C=C\C=C/CCCCC)OC(=O)CCCCCCC/C=C\CCCCCCCCCCC. The molecule has 6 nitrogen and oxygen atoms in total. The van der Waals surface area contributed by atoms with Crippen LogP contribution in [0.3, 0.4) is 0 Å².